The number of nitrogens with one attached hydrogen (secondary N) is 5. The van der Waals surface area contributed by atoms with E-state index in [4.69, 9.17) is 21.1 Å². The third-order valence-electron chi connectivity index (χ3n) is 12.3. The lowest BCUT2D eigenvalue weighted by atomic mass is 9.49. The van der Waals surface area contributed by atoms with Gasteiger partial charge in [0.1, 0.15) is 36.6 Å². The van der Waals surface area contributed by atoms with Gasteiger partial charge in [-0.05, 0) is 78.8 Å². The molecule has 15 nitrogen and oxygen atoms in total. The van der Waals surface area contributed by atoms with E-state index < -0.39 is 41.3 Å². The highest BCUT2D eigenvalue weighted by Gasteiger charge is 2.64. The number of rotatable bonds is 19. The molecule has 2 aliphatic rings. The molecule has 1 unspecified atom stereocenters. The maximum Gasteiger partial charge on any atom is 0.251 e. The Bertz CT molecular complexity index is 2200. The normalized spacial score (nSPS) is 20.0. The zero-order chi connectivity index (χ0) is 47.7. The molecule has 1 saturated heterocycles. The minimum atomic E-state index is -0.969. The number of aliphatic hydroxyl groups is 1. The molecule has 65 heavy (non-hydrogen) atoms. The highest BCUT2D eigenvalue weighted by molar-refractivity contribution is 6.31. The molecule has 5 amide bonds. The molecule has 350 valence electrons. The van der Waals surface area contributed by atoms with Crippen molar-refractivity contribution in [1.29, 1.82) is 5.26 Å². The van der Waals surface area contributed by atoms with Crippen molar-refractivity contribution >= 4 is 46.8 Å². The number of β-amino-alcohol motifs (C(OH)–C–C–N with tert-alkyl or cyclic N) is 1. The summed E-state index contributed by atoms with van der Waals surface area (Å²) in [6.07, 6.45) is 1.38. The van der Waals surface area contributed by atoms with E-state index in [0.29, 0.717) is 40.6 Å². The number of likely N-dealkylation sites (tertiary alicyclic amines) is 1. The molecule has 0 aromatic heterocycles. The monoisotopic (exact) mass is 913 g/mol. The largest absolute Gasteiger partial charge is 0.489 e. The van der Waals surface area contributed by atoms with Crippen LogP contribution in [0.2, 0.25) is 5.02 Å². The maximum absolute atomic E-state index is 13.9. The lowest BCUT2D eigenvalue weighted by Crippen LogP contribution is -2.74. The van der Waals surface area contributed by atoms with Gasteiger partial charge >= 0.3 is 0 Å². The number of nitrogens with zero attached hydrogens (tertiary/aromatic N) is 2. The summed E-state index contributed by atoms with van der Waals surface area (Å²) in [5, 5.41) is 34.8. The van der Waals surface area contributed by atoms with Crippen LogP contribution in [0.1, 0.15) is 106 Å². The molecule has 0 spiro atoms. The quantitative estimate of drug-likeness (QED) is 0.0821. The molecule has 0 bridgehead atoms. The molecule has 3 aromatic rings. The third kappa shape index (κ3) is 12.6. The minimum absolute atomic E-state index is 0.0377. The predicted molar refractivity (Wildman–Crippen MR) is 248 cm³/mol. The van der Waals surface area contributed by atoms with Crippen LogP contribution in [0, 0.1) is 27.6 Å². The molecule has 6 N–H and O–H groups in total. The molecule has 1 aliphatic heterocycles. The summed E-state index contributed by atoms with van der Waals surface area (Å²) in [5.41, 5.74) is 1.60. The molecule has 3 atom stereocenters. The van der Waals surface area contributed by atoms with Gasteiger partial charge in [0.25, 0.3) is 11.8 Å². The number of benzene rings is 3. The van der Waals surface area contributed by atoms with Gasteiger partial charge in [0, 0.05) is 79.5 Å². The number of unbranched alkanes of at least 4 members (excludes halogenated alkanes) is 2. The average Bonchev–Trinajstić information content (AvgIpc) is 3.67. The molecule has 0 radical (unpaired) electrons. The molecule has 3 aromatic carbocycles. The van der Waals surface area contributed by atoms with E-state index >= 15 is 0 Å². The first-order chi connectivity index (χ1) is 30.7. The van der Waals surface area contributed by atoms with E-state index in [0.717, 1.165) is 30.5 Å². The van der Waals surface area contributed by atoms with Crippen molar-refractivity contribution in [3.05, 3.63) is 94.0 Å². The second-order valence-electron chi connectivity index (χ2n) is 19.2. The zero-order valence-electron chi connectivity index (χ0n) is 38.7. The maximum atomic E-state index is 13.9. The number of halogens is 1. The summed E-state index contributed by atoms with van der Waals surface area (Å²) in [7, 11) is 1.55. The number of carbonyl (C=O) groups excluding carboxylic acids is 5. The van der Waals surface area contributed by atoms with E-state index in [9.17, 15) is 34.3 Å². The van der Waals surface area contributed by atoms with Gasteiger partial charge in [-0.2, -0.15) is 5.26 Å². The summed E-state index contributed by atoms with van der Waals surface area (Å²) in [6.45, 7) is 14.7. The van der Waals surface area contributed by atoms with E-state index in [1.165, 1.54) is 4.90 Å². The van der Waals surface area contributed by atoms with Gasteiger partial charge in [0.15, 0.2) is 0 Å². The first kappa shape index (κ1) is 50.3. The Kier molecular flexibility index (Phi) is 16.7. The van der Waals surface area contributed by atoms with Crippen molar-refractivity contribution < 1.29 is 38.6 Å². The average molecular weight is 915 g/mol. The summed E-state index contributed by atoms with van der Waals surface area (Å²) >= 11 is 6.23. The van der Waals surface area contributed by atoms with E-state index in [1.54, 1.807) is 61.6 Å². The van der Waals surface area contributed by atoms with Crippen LogP contribution < -0.4 is 31.3 Å². The molecule has 5 rings (SSSR count). The van der Waals surface area contributed by atoms with Crippen LogP contribution in [-0.2, 0) is 25.7 Å². The smallest absolute Gasteiger partial charge is 0.251 e. The number of carbonyl (C=O) groups is 5. The van der Waals surface area contributed by atoms with Gasteiger partial charge in [-0.3, -0.25) is 24.0 Å². The fourth-order valence-corrected chi connectivity index (χ4v) is 9.21. The van der Waals surface area contributed by atoms with Crippen LogP contribution in [0.3, 0.4) is 0 Å². The lowest BCUT2D eigenvalue weighted by Gasteiger charge is -2.63. The second-order valence-corrected chi connectivity index (χ2v) is 19.6. The second kappa shape index (κ2) is 21.5. The van der Waals surface area contributed by atoms with Crippen molar-refractivity contribution in [2.24, 2.45) is 16.2 Å². The molecule has 2 fully saturated rings. The Morgan fingerprint density at radius 1 is 0.923 bits per heavy atom. The molecular weight excluding hydrogens is 850 g/mol. The van der Waals surface area contributed by atoms with Gasteiger partial charge in [-0.1, -0.05) is 72.2 Å². The SMILES string of the molecule is CNC(=O)c1ccc(CNC(=O)[C@@H]2C[C@@H](O)CN2C(=O)C(NC(=O)COCCCCCNc2ccc(C(=O)N[C@H]3C(C)(C)[C@H](Oc4ccc(C#N)c(Cl)c4)C3(C)C)cc2)C(C)(C)C)cc1. The fourth-order valence-electron chi connectivity index (χ4n) is 9.00. The third-order valence-corrected chi connectivity index (χ3v) is 12.6. The number of hydrogen-bond acceptors (Lipinski definition) is 10. The van der Waals surface area contributed by atoms with Crippen LogP contribution >= 0.6 is 11.6 Å². The van der Waals surface area contributed by atoms with Crippen LogP contribution in [-0.4, -0.2) is 103 Å². The van der Waals surface area contributed by atoms with Crippen LogP contribution in [0.4, 0.5) is 5.69 Å². The highest BCUT2D eigenvalue weighted by Crippen LogP contribution is 2.55. The van der Waals surface area contributed by atoms with E-state index in [1.807, 2.05) is 32.9 Å². The van der Waals surface area contributed by atoms with Crippen molar-refractivity contribution in [3.63, 3.8) is 0 Å². The Morgan fingerprint density at radius 3 is 2.18 bits per heavy atom. The van der Waals surface area contributed by atoms with Gasteiger partial charge < -0.3 is 46.1 Å². The Morgan fingerprint density at radius 2 is 1.57 bits per heavy atom. The van der Waals surface area contributed by atoms with Crippen molar-refractivity contribution in [2.45, 2.75) is 111 Å². The summed E-state index contributed by atoms with van der Waals surface area (Å²) < 4.78 is 12.0. The highest BCUT2D eigenvalue weighted by atomic mass is 35.5. The first-order valence-corrected chi connectivity index (χ1v) is 22.5. The van der Waals surface area contributed by atoms with Gasteiger partial charge in [0.05, 0.1) is 16.7 Å². The number of aliphatic hydroxyl groups excluding tert-OH is 1. The molecular formula is C49H64ClN7O8. The van der Waals surface area contributed by atoms with Crippen LogP contribution in [0.15, 0.2) is 66.7 Å². The first-order valence-electron chi connectivity index (χ1n) is 22.1. The van der Waals surface area contributed by atoms with E-state index in [2.05, 4.69) is 60.3 Å². The zero-order valence-corrected chi connectivity index (χ0v) is 39.4. The van der Waals surface area contributed by atoms with Crippen LogP contribution in [0.25, 0.3) is 0 Å². The molecule has 16 heteroatoms. The molecule has 1 saturated carbocycles. The molecule has 1 aliphatic carbocycles. The van der Waals surface area contributed by atoms with Crippen molar-refractivity contribution in [2.75, 3.05) is 38.7 Å². The summed E-state index contributed by atoms with van der Waals surface area (Å²) in [6, 6.07) is 19.2. The van der Waals surface area contributed by atoms with Crippen molar-refractivity contribution in [1.82, 2.24) is 26.2 Å². The van der Waals surface area contributed by atoms with Gasteiger partial charge in [0.2, 0.25) is 17.7 Å². The van der Waals surface area contributed by atoms with Crippen molar-refractivity contribution in [3.8, 4) is 11.8 Å². The number of amides is 5. The number of ether oxygens (including phenoxy) is 2. The molecule has 1 heterocycles. The predicted octanol–water partition coefficient (Wildman–Crippen LogP) is 5.59. The Balaban J connectivity index is 0.993. The Labute approximate surface area is 387 Å². The van der Waals surface area contributed by atoms with E-state index in [-0.39, 0.29) is 60.9 Å². The number of anilines is 1. The topological polar surface area (TPSA) is 211 Å². The van der Waals surface area contributed by atoms with Gasteiger partial charge in [-0.15, -0.1) is 0 Å². The standard InChI is InChI=1S/C49H64ClN7O8/c1-47(2,3)40(44(63)57-28-35(58)24-38(57)43(62)54-27-30-12-14-31(15-13-30)41(60)52-8)55-39(59)29-64-23-11-9-10-22-53-34-19-16-32(17-20-34)42(61)56-45-48(4,5)46(49(45,6)7)65-36-21-18-33(26-51)37(50)25-36/h12-21,25,35,38,40,45-46,53,58H,9-11,22-24,27-29H2,1-8H3,(H,52,60)(H,54,62)(H,55,59)(H,56,61)/t35-,38+,40?,45-,46-/m1/s1. The van der Waals surface area contributed by atoms with Gasteiger partial charge in [-0.25, -0.2) is 0 Å². The van der Waals surface area contributed by atoms with Crippen LogP contribution in [0.5, 0.6) is 5.75 Å². The number of hydrogen-bond donors (Lipinski definition) is 6. The summed E-state index contributed by atoms with van der Waals surface area (Å²) in [4.78, 5) is 66.7. The minimum Gasteiger partial charge on any atom is -0.489 e. The lowest BCUT2D eigenvalue weighted by molar-refractivity contribution is -0.164. The Hall–Kier alpha value is -5.69. The number of nitriles is 1. The fraction of sp³-hybridized carbons (Fsp3) is 0.510. The summed E-state index contributed by atoms with van der Waals surface area (Å²) in [5.74, 6) is -1.15.